The van der Waals surface area contributed by atoms with Gasteiger partial charge in [0.1, 0.15) is 10.1 Å². The Balaban J connectivity index is 0.00000308. The van der Waals surface area contributed by atoms with Crippen LogP contribution < -0.4 is 105 Å². The summed E-state index contributed by atoms with van der Waals surface area (Å²) in [6.45, 7) is 5.48. The predicted octanol–water partition coefficient (Wildman–Crippen LogP) is -6.14. The zero-order valence-corrected chi connectivity index (χ0v) is 32.1. The van der Waals surface area contributed by atoms with E-state index in [1.165, 1.54) is 13.0 Å². The van der Waals surface area contributed by atoms with Gasteiger partial charge in [-0.05, 0) is 41.6 Å². The molecule has 0 aliphatic carbocycles. The van der Waals surface area contributed by atoms with E-state index >= 15 is 0 Å². The molecule has 0 aliphatic heterocycles. The number of carbonyl (C=O) groups excluding carboxylic acids is 1. The first kappa shape index (κ1) is 41.3. The fraction of sp³-hybridized carbons (Fsp3) is 0.208. The largest absolute Gasteiger partial charge is 1.00 e. The molecule has 0 saturated carbocycles. The summed E-state index contributed by atoms with van der Waals surface area (Å²) < 4.78 is 55.7. The summed E-state index contributed by atoms with van der Waals surface area (Å²) in [4.78, 5) is 11.5. The van der Waals surface area contributed by atoms with Crippen molar-refractivity contribution >= 4 is 78.2 Å². The van der Waals surface area contributed by atoms with E-state index in [4.69, 9.17) is 9.47 Å². The standard InChI is InChI=1S/C24H23NO12S3.3Na/c1-13(2)24(26)33-12-32-9-3-8-25-18-10-19(38-36-34-27)15-5-6-16-20(39-37-35-28)11-21(40(29,30)31)17-7-4-14(18)22(15)23(16)17;;;/h4-7,10-11,25,27-28H,1,3,8-9,12H2,2H3,(H,29,30,31);;;/q;3*+1/p-3. The molecule has 0 saturated heterocycles. The van der Waals surface area contributed by atoms with E-state index in [2.05, 4.69) is 30.6 Å². The Bertz CT molecular complexity index is 1660. The van der Waals surface area contributed by atoms with Crippen LogP contribution in [-0.2, 0) is 43.1 Å². The van der Waals surface area contributed by atoms with Crippen molar-refractivity contribution in [1.82, 2.24) is 0 Å². The van der Waals surface area contributed by atoms with E-state index in [1.54, 1.807) is 24.3 Å². The Morgan fingerprint density at radius 1 is 0.907 bits per heavy atom. The van der Waals surface area contributed by atoms with Gasteiger partial charge in [-0.25, -0.2) is 13.2 Å². The number of anilines is 1. The van der Waals surface area contributed by atoms with Crippen LogP contribution >= 0.6 is 24.1 Å². The number of nitrogens with one attached hydrogen (secondary N) is 1. The molecule has 0 amide bonds. The fourth-order valence-corrected chi connectivity index (χ4v) is 5.99. The maximum absolute atomic E-state index is 12.2. The number of hydrogen-bond acceptors (Lipinski definition) is 15. The molecule has 19 heteroatoms. The molecule has 214 valence electrons. The molecule has 4 rings (SSSR count). The van der Waals surface area contributed by atoms with Gasteiger partial charge in [-0.15, -0.1) is 0 Å². The first-order valence-electron chi connectivity index (χ1n) is 11.3. The van der Waals surface area contributed by atoms with Gasteiger partial charge >= 0.3 is 94.6 Å². The molecular weight excluding hydrogens is 659 g/mol. The minimum absolute atomic E-state index is 0. The molecule has 4 aromatic carbocycles. The molecule has 0 heterocycles. The van der Waals surface area contributed by atoms with E-state index in [-0.39, 0.29) is 118 Å². The third kappa shape index (κ3) is 10.1. The summed E-state index contributed by atoms with van der Waals surface area (Å²) in [6, 6.07) is 9.37. The number of esters is 1. The maximum Gasteiger partial charge on any atom is 1.00 e. The summed E-state index contributed by atoms with van der Waals surface area (Å²) >= 11 is 1.10. The van der Waals surface area contributed by atoms with Gasteiger partial charge in [-0.2, -0.15) is 8.67 Å². The smallest absolute Gasteiger partial charge is 0.744 e. The average Bonchev–Trinajstić information content (AvgIpc) is 2.92. The first-order valence-corrected chi connectivity index (χ1v) is 14.2. The first-order chi connectivity index (χ1) is 19.2. The molecule has 1 N–H and O–H groups in total. The normalized spacial score (nSPS) is 11.2. The van der Waals surface area contributed by atoms with E-state index in [1.807, 2.05) is 0 Å². The topological polar surface area (TPSA) is 188 Å². The molecule has 0 atom stereocenters. The average molecular weight is 680 g/mol. The molecule has 0 aromatic heterocycles. The number of carbonyl (C=O) groups is 1. The molecule has 4 aromatic rings. The second-order valence-electron chi connectivity index (χ2n) is 8.28. The molecule has 0 spiro atoms. The van der Waals surface area contributed by atoms with Crippen molar-refractivity contribution in [3.8, 4) is 0 Å². The summed E-state index contributed by atoms with van der Waals surface area (Å²) in [5.74, 6) is -0.553. The zero-order valence-electron chi connectivity index (χ0n) is 23.6. The Morgan fingerprint density at radius 2 is 1.44 bits per heavy atom. The van der Waals surface area contributed by atoms with Gasteiger partial charge in [-0.3, -0.25) is 10.1 Å². The maximum atomic E-state index is 12.2. The Labute approximate surface area is 321 Å². The summed E-state index contributed by atoms with van der Waals surface area (Å²) in [5.41, 5.74) is 0.854. The van der Waals surface area contributed by atoms with Crippen LogP contribution in [0.15, 0.2) is 63.2 Å². The molecular formula is C24H20NNa3O12S3. The van der Waals surface area contributed by atoms with Gasteiger partial charge in [0.2, 0.25) is 0 Å². The van der Waals surface area contributed by atoms with Crippen molar-refractivity contribution in [3.05, 3.63) is 48.6 Å². The van der Waals surface area contributed by atoms with E-state index in [0.29, 0.717) is 74.6 Å². The van der Waals surface area contributed by atoms with Crippen molar-refractivity contribution in [3.63, 3.8) is 0 Å². The van der Waals surface area contributed by atoms with Crippen LogP contribution in [0.1, 0.15) is 13.3 Å². The van der Waals surface area contributed by atoms with E-state index in [9.17, 15) is 28.3 Å². The number of benzene rings is 4. The van der Waals surface area contributed by atoms with Gasteiger partial charge in [0.05, 0.1) is 35.6 Å². The molecule has 43 heavy (non-hydrogen) atoms. The molecule has 0 unspecified atom stereocenters. The molecule has 13 nitrogen and oxygen atoms in total. The Morgan fingerprint density at radius 3 is 2.00 bits per heavy atom. The van der Waals surface area contributed by atoms with Gasteiger partial charge < -0.3 is 29.9 Å². The predicted molar refractivity (Wildman–Crippen MR) is 139 cm³/mol. The second kappa shape index (κ2) is 19.2. The molecule has 0 fully saturated rings. The number of hydrogen-bond donors (Lipinski definition) is 1. The van der Waals surface area contributed by atoms with Crippen LogP contribution in [0.2, 0.25) is 0 Å². The van der Waals surface area contributed by atoms with Gasteiger partial charge in [0, 0.05) is 43.8 Å². The van der Waals surface area contributed by atoms with E-state index < -0.39 is 21.0 Å². The van der Waals surface area contributed by atoms with Gasteiger partial charge in [0.25, 0.3) is 0 Å². The van der Waals surface area contributed by atoms with Gasteiger partial charge in [-0.1, -0.05) is 30.8 Å². The summed E-state index contributed by atoms with van der Waals surface area (Å²) in [6.07, 6.45) is 0.515. The minimum Gasteiger partial charge on any atom is -0.744 e. The quantitative estimate of drug-likeness (QED) is 0.0119. The molecule has 0 aliphatic rings. The Hall–Kier alpha value is 0.260. The van der Waals surface area contributed by atoms with Crippen molar-refractivity contribution in [2.24, 2.45) is 0 Å². The van der Waals surface area contributed by atoms with Crippen LogP contribution in [0.3, 0.4) is 0 Å². The van der Waals surface area contributed by atoms with Crippen molar-refractivity contribution in [2.45, 2.75) is 28.0 Å². The van der Waals surface area contributed by atoms with Crippen LogP contribution in [0.4, 0.5) is 5.69 Å². The minimum atomic E-state index is -4.94. The molecule has 0 bridgehead atoms. The van der Waals surface area contributed by atoms with Crippen molar-refractivity contribution in [1.29, 1.82) is 0 Å². The fourth-order valence-electron chi connectivity index (χ4n) is 4.16. The number of ether oxygens (including phenoxy) is 2. The van der Waals surface area contributed by atoms with Crippen molar-refractivity contribution in [2.75, 3.05) is 25.3 Å². The van der Waals surface area contributed by atoms with Crippen LogP contribution in [0, 0.1) is 0 Å². The van der Waals surface area contributed by atoms with Gasteiger partial charge in [0.15, 0.2) is 6.79 Å². The second-order valence-corrected chi connectivity index (χ2v) is 11.1. The monoisotopic (exact) mass is 679 g/mol. The summed E-state index contributed by atoms with van der Waals surface area (Å²) in [5, 5.41) is 34.1. The van der Waals surface area contributed by atoms with Crippen LogP contribution in [0.25, 0.3) is 32.3 Å². The Kier molecular flexibility index (Phi) is 18.4. The molecule has 0 radical (unpaired) electrons. The van der Waals surface area contributed by atoms with Crippen LogP contribution in [-0.4, -0.2) is 38.9 Å². The van der Waals surface area contributed by atoms with Crippen LogP contribution in [0.5, 0.6) is 0 Å². The summed E-state index contributed by atoms with van der Waals surface area (Å²) in [7, 11) is -4.94. The third-order valence-electron chi connectivity index (χ3n) is 5.76. The number of rotatable bonds is 15. The SMILES string of the molecule is C=C(C)C(=O)OCOCCCNc1cc(SOO[O-])c2ccc3c(SOO[O-])cc(S(=O)(=O)[O-])c4ccc1c2c34.[Na+].[Na+].[Na+]. The van der Waals surface area contributed by atoms with E-state index in [0.717, 1.165) is 6.07 Å². The third-order valence-corrected chi connectivity index (χ3v) is 7.92. The zero-order chi connectivity index (χ0) is 28.9. The van der Waals surface area contributed by atoms with Crippen molar-refractivity contribution < 1.29 is 145 Å².